The second kappa shape index (κ2) is 8.37. The van der Waals surface area contributed by atoms with Crippen molar-refractivity contribution in [2.75, 3.05) is 7.11 Å². The van der Waals surface area contributed by atoms with E-state index in [2.05, 4.69) is 85.5 Å². The molecule has 1 aromatic heterocycles. The fraction of sp³-hybridized carbons (Fsp3) is 0.483. The molecule has 0 spiro atoms. The maximum Gasteiger partial charge on any atom is 0.188 e. The molecular formula is C29H38N4O. The van der Waals surface area contributed by atoms with E-state index in [1.54, 1.807) is 7.11 Å². The quantitative estimate of drug-likeness (QED) is 0.505. The van der Waals surface area contributed by atoms with Crippen molar-refractivity contribution in [3.05, 3.63) is 56.8 Å². The summed E-state index contributed by atoms with van der Waals surface area (Å²) in [5.41, 5.74) is 12.5. The van der Waals surface area contributed by atoms with Crippen LogP contribution in [0.15, 0.2) is 49.3 Å². The van der Waals surface area contributed by atoms with Crippen LogP contribution in [0, 0.1) is 24.7 Å². The third kappa shape index (κ3) is 4.28. The molecule has 4 heterocycles. The molecule has 0 aliphatic carbocycles. The van der Waals surface area contributed by atoms with Crippen LogP contribution in [0.1, 0.15) is 83.8 Å². The highest BCUT2D eigenvalue weighted by molar-refractivity contribution is 6.13. The first-order valence-corrected chi connectivity index (χ1v) is 12.1. The lowest BCUT2D eigenvalue weighted by Gasteiger charge is -2.17. The van der Waals surface area contributed by atoms with E-state index in [-0.39, 0.29) is 10.8 Å². The lowest BCUT2D eigenvalue weighted by atomic mass is 9.86. The van der Waals surface area contributed by atoms with Gasteiger partial charge in [-0.1, -0.05) is 27.7 Å². The van der Waals surface area contributed by atoms with Gasteiger partial charge in [-0.15, -0.1) is 0 Å². The average Bonchev–Trinajstić information content (AvgIpc) is 3.38. The Kier molecular flexibility index (Phi) is 5.95. The van der Waals surface area contributed by atoms with Crippen molar-refractivity contribution in [1.82, 2.24) is 4.98 Å². The maximum absolute atomic E-state index is 5.41. The van der Waals surface area contributed by atoms with E-state index in [1.165, 1.54) is 28.0 Å². The smallest absolute Gasteiger partial charge is 0.188 e. The van der Waals surface area contributed by atoms with Gasteiger partial charge < -0.3 is 9.72 Å². The average molecular weight is 459 g/mol. The number of nitrogens with one attached hydrogen (secondary N) is 1. The second-order valence-corrected chi connectivity index (χ2v) is 11.2. The largest absolute Gasteiger partial charge is 0.484 e. The Morgan fingerprint density at radius 1 is 0.735 bits per heavy atom. The fourth-order valence-corrected chi connectivity index (χ4v) is 4.88. The molecule has 4 rings (SSSR count). The predicted molar refractivity (Wildman–Crippen MR) is 144 cm³/mol. The Hall–Kier alpha value is -2.95. The van der Waals surface area contributed by atoms with Crippen LogP contribution >= 0.6 is 0 Å². The van der Waals surface area contributed by atoms with Gasteiger partial charge in [0.2, 0.25) is 0 Å². The van der Waals surface area contributed by atoms with E-state index in [0.717, 1.165) is 52.9 Å². The summed E-state index contributed by atoms with van der Waals surface area (Å²) in [4.78, 5) is 18.1. The molecule has 0 amide bonds. The summed E-state index contributed by atoms with van der Waals surface area (Å²) in [7, 11) is 1.69. The molecule has 0 radical (unpaired) electrons. The highest BCUT2D eigenvalue weighted by atomic mass is 16.5. The van der Waals surface area contributed by atoms with Gasteiger partial charge in [-0.3, -0.25) is 4.99 Å². The van der Waals surface area contributed by atoms with E-state index in [1.807, 2.05) is 0 Å². The number of hydrogen-bond acceptors (Lipinski definition) is 4. The highest BCUT2D eigenvalue weighted by Crippen LogP contribution is 2.40. The highest BCUT2D eigenvalue weighted by Gasteiger charge is 2.33. The Labute approximate surface area is 204 Å². The Balaban J connectivity index is 1.71. The van der Waals surface area contributed by atoms with Gasteiger partial charge in [0, 0.05) is 40.0 Å². The fourth-order valence-electron chi connectivity index (χ4n) is 4.88. The van der Waals surface area contributed by atoms with Gasteiger partial charge in [0.1, 0.15) is 0 Å². The minimum absolute atomic E-state index is 0.0566. The summed E-state index contributed by atoms with van der Waals surface area (Å²) in [6.45, 7) is 19.7. The van der Waals surface area contributed by atoms with Gasteiger partial charge in [0.05, 0.1) is 24.2 Å². The van der Waals surface area contributed by atoms with Gasteiger partial charge in [-0.25, -0.2) is 9.98 Å². The molecule has 0 saturated carbocycles. The monoisotopic (exact) mass is 458 g/mol. The Morgan fingerprint density at radius 2 is 1.32 bits per heavy atom. The van der Waals surface area contributed by atoms with E-state index >= 15 is 0 Å². The Bertz CT molecular complexity index is 1270. The number of nitrogens with zero attached hydrogens (tertiary/aromatic N) is 3. The zero-order chi connectivity index (χ0) is 25.0. The van der Waals surface area contributed by atoms with Crippen LogP contribution in [-0.4, -0.2) is 29.4 Å². The minimum Gasteiger partial charge on any atom is -0.484 e. The molecule has 3 aliphatic heterocycles. The van der Waals surface area contributed by atoms with Crippen LogP contribution < -0.4 is 0 Å². The van der Waals surface area contributed by atoms with Crippen LogP contribution in [0.5, 0.6) is 0 Å². The van der Waals surface area contributed by atoms with Crippen LogP contribution in [0.25, 0.3) is 12.2 Å². The first kappa shape index (κ1) is 24.2. The predicted octanol–water partition coefficient (Wildman–Crippen LogP) is 7.35. The van der Waals surface area contributed by atoms with Crippen LogP contribution in [0.3, 0.4) is 0 Å². The normalized spacial score (nSPS) is 25.0. The topological polar surface area (TPSA) is 62.1 Å². The molecule has 1 aromatic rings. The first-order valence-electron chi connectivity index (χ1n) is 12.1. The van der Waals surface area contributed by atoms with Crippen LogP contribution in [0.2, 0.25) is 0 Å². The van der Waals surface area contributed by atoms with Gasteiger partial charge in [-0.2, -0.15) is 0 Å². The van der Waals surface area contributed by atoms with Crippen molar-refractivity contribution in [3.8, 4) is 0 Å². The summed E-state index contributed by atoms with van der Waals surface area (Å²) in [6.07, 6.45) is 8.34. The van der Waals surface area contributed by atoms with Crippen molar-refractivity contribution in [1.29, 1.82) is 0 Å². The van der Waals surface area contributed by atoms with E-state index in [0.29, 0.717) is 0 Å². The number of methoxy groups -OCH3 is 1. The molecule has 3 aliphatic rings. The molecule has 5 heteroatoms. The molecule has 0 atom stereocenters. The van der Waals surface area contributed by atoms with Gasteiger partial charge in [0.25, 0.3) is 0 Å². The van der Waals surface area contributed by atoms with Crippen LogP contribution in [-0.2, 0) is 4.74 Å². The lowest BCUT2D eigenvalue weighted by Crippen LogP contribution is -2.12. The third-order valence-electron chi connectivity index (χ3n) is 7.52. The summed E-state index contributed by atoms with van der Waals surface area (Å²) in [5, 5.41) is 0. The number of aromatic nitrogens is 1. The van der Waals surface area contributed by atoms with Gasteiger partial charge >= 0.3 is 0 Å². The summed E-state index contributed by atoms with van der Waals surface area (Å²) >= 11 is 0. The molecule has 0 saturated heterocycles. The van der Waals surface area contributed by atoms with E-state index < -0.39 is 0 Å². The number of aliphatic imine (C=N–C) groups is 3. The summed E-state index contributed by atoms with van der Waals surface area (Å²) in [6, 6.07) is 0. The SMILES string of the molecule is COC1=N/C(=C\C2=NC(=C\c3[nH]c(/C=C4\N=C(C)CC4(C)C)c(C)c3C)/C(C)=C2C)C(C)(C)C1. The van der Waals surface area contributed by atoms with Crippen molar-refractivity contribution >= 4 is 29.5 Å². The standard InChI is InChI=1S/C29H38N4O/c1-16-14-28(6,7)25(30-16)12-23-19(4)17(2)21(31-23)11-22-18(3)20(5)24(32-22)13-26-29(8,9)15-27(33-26)34-10/h11-13,31H,14-15H2,1-10H3/b22-11-,25-12-,26-13-. The van der Waals surface area contributed by atoms with Crippen molar-refractivity contribution in [3.63, 3.8) is 0 Å². The zero-order valence-corrected chi connectivity index (χ0v) is 22.4. The number of aromatic amines is 1. The van der Waals surface area contributed by atoms with Crippen molar-refractivity contribution < 1.29 is 4.74 Å². The molecule has 0 aromatic carbocycles. The van der Waals surface area contributed by atoms with Gasteiger partial charge in [-0.05, 0) is 81.5 Å². The summed E-state index contributed by atoms with van der Waals surface area (Å²) in [5.74, 6) is 0.785. The molecule has 180 valence electrons. The molecule has 34 heavy (non-hydrogen) atoms. The number of allylic oxidation sites excluding steroid dienone is 5. The maximum atomic E-state index is 5.41. The zero-order valence-electron chi connectivity index (χ0n) is 22.4. The second-order valence-electron chi connectivity index (χ2n) is 11.2. The molecule has 0 fully saturated rings. The van der Waals surface area contributed by atoms with Gasteiger partial charge in [0.15, 0.2) is 5.90 Å². The first-order chi connectivity index (χ1) is 15.8. The molecular weight excluding hydrogens is 420 g/mol. The lowest BCUT2D eigenvalue weighted by molar-refractivity contribution is 0.374. The third-order valence-corrected chi connectivity index (χ3v) is 7.52. The van der Waals surface area contributed by atoms with E-state index in [9.17, 15) is 0 Å². The molecule has 5 nitrogen and oxygen atoms in total. The number of H-pyrrole nitrogens is 1. The van der Waals surface area contributed by atoms with E-state index in [4.69, 9.17) is 19.7 Å². The van der Waals surface area contributed by atoms with Crippen LogP contribution in [0.4, 0.5) is 0 Å². The summed E-state index contributed by atoms with van der Waals surface area (Å²) < 4.78 is 5.41. The number of hydrogen-bond donors (Lipinski definition) is 1. The number of rotatable bonds is 3. The van der Waals surface area contributed by atoms with Crippen molar-refractivity contribution in [2.24, 2.45) is 25.8 Å². The number of ether oxygens (including phenoxy) is 1. The minimum atomic E-state index is -0.0566. The van der Waals surface area contributed by atoms with Crippen molar-refractivity contribution in [2.45, 2.75) is 75.2 Å². The molecule has 1 N–H and O–H groups in total. The molecule has 0 bridgehead atoms. The Morgan fingerprint density at radius 3 is 1.88 bits per heavy atom. The molecule has 0 unspecified atom stereocenters.